The van der Waals surface area contributed by atoms with E-state index in [1.807, 2.05) is 0 Å². The van der Waals surface area contributed by atoms with E-state index in [9.17, 15) is 9.90 Å². The quantitative estimate of drug-likeness (QED) is 0.497. The summed E-state index contributed by atoms with van der Waals surface area (Å²) in [5.74, 6) is 0. The zero-order valence-corrected chi connectivity index (χ0v) is 12.8. The van der Waals surface area contributed by atoms with Crippen LogP contribution in [0.1, 0.15) is 32.4 Å². The summed E-state index contributed by atoms with van der Waals surface area (Å²) in [6, 6.07) is 3.84. The lowest BCUT2D eigenvalue weighted by Gasteiger charge is -2.20. The molecule has 1 unspecified atom stereocenters. The predicted octanol–water partition coefficient (Wildman–Crippen LogP) is 4.03. The molecular weight excluding hydrogens is 296 g/mol. The minimum Gasteiger partial charge on any atom is -0.444 e. The molecule has 1 aromatic rings. The molecule has 0 fully saturated rings. The fourth-order valence-corrected chi connectivity index (χ4v) is 1.80. The van der Waals surface area contributed by atoms with Gasteiger partial charge in [-0.3, -0.25) is 5.32 Å². The summed E-state index contributed by atoms with van der Waals surface area (Å²) < 4.78 is 5.13. The first kappa shape index (κ1) is 17.1. The third-order valence-corrected chi connectivity index (χ3v) is 2.71. The molecular formula is C13H17ClN4O3. The summed E-state index contributed by atoms with van der Waals surface area (Å²) in [7, 11) is 0. The van der Waals surface area contributed by atoms with Crippen molar-refractivity contribution in [3.63, 3.8) is 0 Å². The van der Waals surface area contributed by atoms with Crippen LogP contribution in [0.2, 0.25) is 5.02 Å². The van der Waals surface area contributed by atoms with Crippen LogP contribution in [0, 0.1) is 0 Å². The van der Waals surface area contributed by atoms with E-state index in [2.05, 4.69) is 15.3 Å². The van der Waals surface area contributed by atoms with Crippen LogP contribution in [0.5, 0.6) is 0 Å². The van der Waals surface area contributed by atoms with Crippen molar-refractivity contribution in [1.82, 2.24) is 0 Å². The van der Waals surface area contributed by atoms with Gasteiger partial charge in [-0.05, 0) is 50.1 Å². The molecule has 0 aliphatic heterocycles. The Morgan fingerprint density at radius 2 is 2.24 bits per heavy atom. The smallest absolute Gasteiger partial charge is 0.412 e. The Balaban J connectivity index is 2.96. The Hall–Kier alpha value is -1.95. The van der Waals surface area contributed by atoms with Gasteiger partial charge in [0.15, 0.2) is 0 Å². The number of anilines is 1. The lowest BCUT2D eigenvalue weighted by atomic mass is 10.1. The van der Waals surface area contributed by atoms with Crippen molar-refractivity contribution >= 4 is 23.4 Å². The Bertz CT molecular complexity index is 565. The molecule has 0 aliphatic rings. The van der Waals surface area contributed by atoms with Crippen LogP contribution < -0.4 is 5.32 Å². The summed E-state index contributed by atoms with van der Waals surface area (Å²) in [5, 5.41) is 15.6. The second-order valence-corrected chi connectivity index (χ2v) is 5.67. The number of aliphatic hydroxyl groups excluding tert-OH is 1. The minimum absolute atomic E-state index is 0.330. The number of rotatable bonds is 4. The van der Waals surface area contributed by atoms with Crippen molar-refractivity contribution in [2.24, 2.45) is 5.11 Å². The van der Waals surface area contributed by atoms with Crippen LogP contribution in [0.15, 0.2) is 23.3 Å². The summed E-state index contributed by atoms with van der Waals surface area (Å²) in [5.41, 5.74) is 8.71. The molecule has 0 aliphatic carbocycles. The van der Waals surface area contributed by atoms with Crippen LogP contribution in [0.25, 0.3) is 10.4 Å². The van der Waals surface area contributed by atoms with Crippen LogP contribution in [-0.4, -0.2) is 23.4 Å². The first-order chi connectivity index (χ1) is 9.76. The van der Waals surface area contributed by atoms with Gasteiger partial charge in [-0.25, -0.2) is 4.79 Å². The van der Waals surface area contributed by atoms with Crippen molar-refractivity contribution in [1.29, 1.82) is 0 Å². The number of amides is 1. The van der Waals surface area contributed by atoms with E-state index in [0.29, 0.717) is 16.3 Å². The first-order valence-corrected chi connectivity index (χ1v) is 6.59. The van der Waals surface area contributed by atoms with Gasteiger partial charge in [-0.1, -0.05) is 16.7 Å². The van der Waals surface area contributed by atoms with Crippen molar-refractivity contribution in [3.8, 4) is 0 Å². The Morgan fingerprint density at radius 1 is 1.57 bits per heavy atom. The van der Waals surface area contributed by atoms with Gasteiger partial charge in [0.05, 0.1) is 12.6 Å². The number of benzene rings is 1. The Kier molecular flexibility index (Phi) is 5.84. The molecule has 0 aromatic heterocycles. The number of carbonyl (C=O) groups excluding carboxylic acids is 1. The number of azide groups is 1. The van der Waals surface area contributed by atoms with Gasteiger partial charge in [0.25, 0.3) is 0 Å². The highest BCUT2D eigenvalue weighted by Crippen LogP contribution is 2.28. The highest BCUT2D eigenvalue weighted by molar-refractivity contribution is 6.31. The first-order valence-electron chi connectivity index (χ1n) is 6.21. The molecule has 114 valence electrons. The fraction of sp³-hybridized carbons (Fsp3) is 0.462. The number of nitrogens with zero attached hydrogens (tertiary/aromatic N) is 3. The van der Waals surface area contributed by atoms with Gasteiger partial charge in [0.2, 0.25) is 0 Å². The molecule has 0 saturated carbocycles. The van der Waals surface area contributed by atoms with E-state index in [-0.39, 0.29) is 6.61 Å². The van der Waals surface area contributed by atoms with Gasteiger partial charge < -0.3 is 9.84 Å². The zero-order chi connectivity index (χ0) is 16.0. The average Bonchev–Trinajstić information content (AvgIpc) is 2.36. The normalized spacial score (nSPS) is 12.2. The van der Waals surface area contributed by atoms with E-state index >= 15 is 0 Å². The third-order valence-electron chi connectivity index (χ3n) is 2.36. The third kappa shape index (κ3) is 5.51. The zero-order valence-electron chi connectivity index (χ0n) is 12.0. The topological polar surface area (TPSA) is 107 Å². The van der Waals surface area contributed by atoms with E-state index in [0.717, 1.165) is 0 Å². The van der Waals surface area contributed by atoms with Crippen LogP contribution in [0.4, 0.5) is 10.5 Å². The van der Waals surface area contributed by atoms with E-state index < -0.39 is 17.7 Å². The Morgan fingerprint density at radius 3 is 2.76 bits per heavy atom. The molecule has 1 aromatic carbocycles. The maximum absolute atomic E-state index is 11.7. The molecule has 7 nitrogen and oxygen atoms in total. The molecule has 8 heteroatoms. The summed E-state index contributed by atoms with van der Waals surface area (Å²) in [6.45, 7) is 4.87. The number of hydrogen-bond donors (Lipinski definition) is 2. The SMILES string of the molecule is CC(C)(C)OC(=O)Nc1ccc(Cl)c(C(CO)N=[N+]=[N-])c1. The molecule has 0 bridgehead atoms. The van der Waals surface area contributed by atoms with E-state index in [1.54, 1.807) is 32.9 Å². The molecule has 2 N–H and O–H groups in total. The molecule has 1 amide bonds. The van der Waals surface area contributed by atoms with Crippen LogP contribution >= 0.6 is 11.6 Å². The number of halogens is 1. The van der Waals surface area contributed by atoms with Crippen molar-refractivity contribution in [3.05, 3.63) is 39.2 Å². The summed E-state index contributed by atoms with van der Waals surface area (Å²) >= 11 is 6.01. The lowest BCUT2D eigenvalue weighted by molar-refractivity contribution is 0.0636. The average molecular weight is 313 g/mol. The van der Waals surface area contributed by atoms with Gasteiger partial charge in [-0.2, -0.15) is 0 Å². The monoisotopic (exact) mass is 312 g/mol. The van der Waals surface area contributed by atoms with E-state index in [4.69, 9.17) is 21.9 Å². The van der Waals surface area contributed by atoms with Gasteiger partial charge in [0, 0.05) is 15.6 Å². The number of carbonyl (C=O) groups is 1. The second-order valence-electron chi connectivity index (χ2n) is 5.27. The highest BCUT2D eigenvalue weighted by Gasteiger charge is 2.18. The van der Waals surface area contributed by atoms with Gasteiger partial charge in [-0.15, -0.1) is 0 Å². The predicted molar refractivity (Wildman–Crippen MR) is 80.3 cm³/mol. The highest BCUT2D eigenvalue weighted by atomic mass is 35.5. The number of hydrogen-bond acceptors (Lipinski definition) is 4. The molecule has 1 atom stereocenters. The van der Waals surface area contributed by atoms with Gasteiger partial charge >= 0.3 is 6.09 Å². The van der Waals surface area contributed by atoms with Crippen LogP contribution in [0.3, 0.4) is 0 Å². The summed E-state index contributed by atoms with van der Waals surface area (Å²) in [6.07, 6.45) is -0.611. The molecule has 0 heterocycles. The molecule has 0 spiro atoms. The number of aliphatic hydroxyl groups is 1. The largest absolute Gasteiger partial charge is 0.444 e. The Labute approximate surface area is 127 Å². The maximum atomic E-state index is 11.7. The van der Waals surface area contributed by atoms with Crippen molar-refractivity contribution in [2.75, 3.05) is 11.9 Å². The second kappa shape index (κ2) is 7.17. The van der Waals surface area contributed by atoms with Crippen molar-refractivity contribution in [2.45, 2.75) is 32.4 Å². The molecule has 21 heavy (non-hydrogen) atoms. The fourth-order valence-electron chi connectivity index (χ4n) is 1.56. The lowest BCUT2D eigenvalue weighted by Crippen LogP contribution is -2.27. The molecule has 0 radical (unpaired) electrons. The van der Waals surface area contributed by atoms with E-state index in [1.165, 1.54) is 6.07 Å². The molecule has 0 saturated heterocycles. The van der Waals surface area contributed by atoms with Crippen LogP contribution in [-0.2, 0) is 4.74 Å². The maximum Gasteiger partial charge on any atom is 0.412 e. The minimum atomic E-state index is -0.817. The molecule has 1 rings (SSSR count). The number of nitrogens with one attached hydrogen (secondary N) is 1. The number of ether oxygens (including phenoxy) is 1. The summed E-state index contributed by atoms with van der Waals surface area (Å²) in [4.78, 5) is 14.3. The van der Waals surface area contributed by atoms with Gasteiger partial charge in [0.1, 0.15) is 5.60 Å². The standard InChI is InChI=1S/C13H17ClN4O3/c1-13(2,3)21-12(20)16-8-4-5-10(14)9(6-8)11(7-19)17-18-15/h4-6,11,19H,7H2,1-3H3,(H,16,20). The van der Waals surface area contributed by atoms with Crippen molar-refractivity contribution < 1.29 is 14.6 Å².